The van der Waals surface area contributed by atoms with Crippen molar-refractivity contribution in [3.05, 3.63) is 88.9 Å². The predicted molar refractivity (Wildman–Crippen MR) is 133 cm³/mol. The van der Waals surface area contributed by atoms with Gasteiger partial charge in [0.2, 0.25) is 5.95 Å². The number of benzene rings is 3. The summed E-state index contributed by atoms with van der Waals surface area (Å²) in [5, 5.41) is 13.9. The molecule has 0 fully saturated rings. The molecule has 1 aliphatic rings. The van der Waals surface area contributed by atoms with Gasteiger partial charge in [-0.15, -0.1) is 0 Å². The zero-order valence-corrected chi connectivity index (χ0v) is 19.1. The van der Waals surface area contributed by atoms with Crippen LogP contribution in [0.2, 0.25) is 0 Å². The standard InChI is InChI=1S/C27H28FN5O/c1-2-33(11-12-34)16-19-13-20(28)8-9-21(19)17-7-10-24-23(14-17)26(32-27(29)31-24)25-22-6-4-3-5-18(22)15-30-25/h3-10,13-14,25,30,34H,2,11-12,15-16H2,1H3,(H2,29,31,32). The lowest BCUT2D eigenvalue weighted by atomic mass is 9.95. The van der Waals surface area contributed by atoms with Gasteiger partial charge in [-0.05, 0) is 58.6 Å². The van der Waals surface area contributed by atoms with Gasteiger partial charge in [0.1, 0.15) is 5.82 Å². The van der Waals surface area contributed by atoms with Gasteiger partial charge >= 0.3 is 0 Å². The van der Waals surface area contributed by atoms with Crippen LogP contribution in [-0.4, -0.2) is 39.7 Å². The minimum atomic E-state index is -0.275. The number of aliphatic hydroxyl groups excluding tert-OH is 1. The lowest BCUT2D eigenvalue weighted by Crippen LogP contribution is -2.26. The molecule has 7 heteroatoms. The summed E-state index contributed by atoms with van der Waals surface area (Å²) in [7, 11) is 0. The first kappa shape index (κ1) is 22.4. The molecule has 0 saturated heterocycles. The van der Waals surface area contributed by atoms with Gasteiger partial charge in [-0.2, -0.15) is 0 Å². The molecular weight excluding hydrogens is 429 g/mol. The third kappa shape index (κ3) is 4.25. The number of nitrogens with one attached hydrogen (secondary N) is 1. The van der Waals surface area contributed by atoms with Crippen molar-refractivity contribution in [2.75, 3.05) is 25.4 Å². The maximum absolute atomic E-state index is 14.2. The summed E-state index contributed by atoms with van der Waals surface area (Å²) < 4.78 is 14.2. The van der Waals surface area contributed by atoms with Crippen molar-refractivity contribution in [1.29, 1.82) is 0 Å². The molecule has 5 rings (SSSR count). The molecule has 0 amide bonds. The van der Waals surface area contributed by atoms with E-state index in [1.54, 1.807) is 6.07 Å². The smallest absolute Gasteiger partial charge is 0.220 e. The van der Waals surface area contributed by atoms with Crippen LogP contribution in [0.25, 0.3) is 22.0 Å². The number of hydrogen-bond acceptors (Lipinski definition) is 6. The Hall–Kier alpha value is -3.39. The van der Waals surface area contributed by atoms with Gasteiger partial charge < -0.3 is 16.2 Å². The summed E-state index contributed by atoms with van der Waals surface area (Å²) in [6, 6.07) is 19.1. The average Bonchev–Trinajstić information content (AvgIpc) is 3.27. The Morgan fingerprint density at radius 2 is 1.97 bits per heavy atom. The van der Waals surface area contributed by atoms with E-state index in [1.165, 1.54) is 17.2 Å². The minimum Gasteiger partial charge on any atom is -0.395 e. The normalized spacial score (nSPS) is 15.2. The molecule has 34 heavy (non-hydrogen) atoms. The molecule has 0 bridgehead atoms. The van der Waals surface area contributed by atoms with E-state index in [1.807, 2.05) is 37.3 Å². The Bertz CT molecular complexity index is 1340. The highest BCUT2D eigenvalue weighted by Crippen LogP contribution is 2.36. The van der Waals surface area contributed by atoms with Crippen molar-refractivity contribution < 1.29 is 9.50 Å². The molecule has 2 heterocycles. The van der Waals surface area contributed by atoms with Crippen LogP contribution in [0.1, 0.15) is 35.3 Å². The van der Waals surface area contributed by atoms with E-state index < -0.39 is 0 Å². The molecule has 4 N–H and O–H groups in total. The highest BCUT2D eigenvalue weighted by Gasteiger charge is 2.26. The maximum atomic E-state index is 14.2. The summed E-state index contributed by atoms with van der Waals surface area (Å²) in [5.41, 5.74) is 12.9. The number of nitrogens with two attached hydrogens (primary N) is 1. The lowest BCUT2D eigenvalue weighted by Gasteiger charge is -2.21. The Kier molecular flexibility index (Phi) is 6.24. The third-order valence-electron chi connectivity index (χ3n) is 6.51. The summed E-state index contributed by atoms with van der Waals surface area (Å²) in [5.74, 6) is -0.0327. The van der Waals surface area contributed by atoms with Crippen molar-refractivity contribution in [3.63, 3.8) is 0 Å². The molecule has 0 saturated carbocycles. The number of halogens is 1. The van der Waals surface area contributed by atoms with E-state index in [4.69, 9.17) is 5.73 Å². The number of aromatic nitrogens is 2. The molecule has 0 aliphatic carbocycles. The SMILES string of the molecule is CCN(CCO)Cc1cc(F)ccc1-c1ccc2nc(N)nc(C3NCc4ccccc43)c2c1. The number of aliphatic hydroxyl groups is 1. The first-order chi connectivity index (χ1) is 16.6. The molecule has 1 unspecified atom stereocenters. The molecule has 0 radical (unpaired) electrons. The number of nitrogen functional groups attached to an aromatic ring is 1. The number of rotatable bonds is 7. The minimum absolute atomic E-state index is 0.0620. The highest BCUT2D eigenvalue weighted by atomic mass is 19.1. The zero-order valence-electron chi connectivity index (χ0n) is 19.1. The quantitative estimate of drug-likeness (QED) is 0.389. The highest BCUT2D eigenvalue weighted by molar-refractivity contribution is 5.88. The van der Waals surface area contributed by atoms with Gasteiger partial charge in [-0.3, -0.25) is 4.90 Å². The number of fused-ring (bicyclic) bond motifs is 2. The topological polar surface area (TPSA) is 87.3 Å². The lowest BCUT2D eigenvalue weighted by molar-refractivity contribution is 0.197. The van der Waals surface area contributed by atoms with Gasteiger partial charge in [0.15, 0.2) is 0 Å². The molecule has 174 valence electrons. The monoisotopic (exact) mass is 457 g/mol. The van der Waals surface area contributed by atoms with Crippen molar-refractivity contribution in [2.24, 2.45) is 0 Å². The summed E-state index contributed by atoms with van der Waals surface area (Å²) >= 11 is 0. The molecule has 3 aromatic carbocycles. The number of likely N-dealkylation sites (N-methyl/N-ethyl adjacent to an activating group) is 1. The van der Waals surface area contributed by atoms with Crippen LogP contribution >= 0.6 is 0 Å². The molecule has 0 spiro atoms. The number of hydrogen-bond donors (Lipinski definition) is 3. The van der Waals surface area contributed by atoms with Crippen molar-refractivity contribution in [1.82, 2.24) is 20.2 Å². The molecule has 1 aromatic heterocycles. The van der Waals surface area contributed by atoms with Crippen LogP contribution in [-0.2, 0) is 13.1 Å². The fourth-order valence-electron chi connectivity index (χ4n) is 4.81. The van der Waals surface area contributed by atoms with Crippen LogP contribution in [0.3, 0.4) is 0 Å². The van der Waals surface area contributed by atoms with Crippen LogP contribution in [0, 0.1) is 5.82 Å². The van der Waals surface area contributed by atoms with Crippen LogP contribution in [0.15, 0.2) is 60.7 Å². The Morgan fingerprint density at radius 1 is 1.12 bits per heavy atom. The first-order valence-corrected chi connectivity index (χ1v) is 11.6. The van der Waals surface area contributed by atoms with Gasteiger partial charge in [0.25, 0.3) is 0 Å². The Morgan fingerprint density at radius 3 is 2.79 bits per heavy atom. The van der Waals surface area contributed by atoms with Crippen molar-refractivity contribution >= 4 is 16.9 Å². The second-order valence-corrected chi connectivity index (χ2v) is 8.61. The van der Waals surface area contributed by atoms with Crippen LogP contribution in [0.4, 0.5) is 10.3 Å². The molecule has 1 aliphatic heterocycles. The molecule has 6 nitrogen and oxygen atoms in total. The maximum Gasteiger partial charge on any atom is 0.220 e. The molecule has 4 aromatic rings. The predicted octanol–water partition coefficient (Wildman–Crippen LogP) is 4.02. The average molecular weight is 458 g/mol. The molecular formula is C27H28FN5O. The first-order valence-electron chi connectivity index (χ1n) is 11.6. The van der Waals surface area contributed by atoms with Crippen molar-refractivity contribution in [3.8, 4) is 11.1 Å². The second-order valence-electron chi connectivity index (χ2n) is 8.61. The fourth-order valence-corrected chi connectivity index (χ4v) is 4.81. The third-order valence-corrected chi connectivity index (χ3v) is 6.51. The van der Waals surface area contributed by atoms with Gasteiger partial charge in [-0.1, -0.05) is 43.3 Å². The van der Waals surface area contributed by atoms with E-state index in [9.17, 15) is 9.50 Å². The largest absolute Gasteiger partial charge is 0.395 e. The number of anilines is 1. The van der Waals surface area contributed by atoms with E-state index in [-0.39, 0.29) is 24.4 Å². The summed E-state index contributed by atoms with van der Waals surface area (Å²) in [4.78, 5) is 11.2. The van der Waals surface area contributed by atoms with Gasteiger partial charge in [0, 0.05) is 25.0 Å². The Labute approximate surface area is 198 Å². The summed E-state index contributed by atoms with van der Waals surface area (Å²) in [6.07, 6.45) is 0. The van der Waals surface area contributed by atoms with Crippen LogP contribution < -0.4 is 11.1 Å². The van der Waals surface area contributed by atoms with E-state index in [2.05, 4.69) is 38.4 Å². The summed E-state index contributed by atoms with van der Waals surface area (Å²) in [6.45, 7) is 4.71. The number of nitrogens with zero attached hydrogens (tertiary/aromatic N) is 3. The zero-order chi connectivity index (χ0) is 23.7. The van der Waals surface area contributed by atoms with E-state index in [0.717, 1.165) is 46.4 Å². The fraction of sp³-hybridized carbons (Fsp3) is 0.259. The van der Waals surface area contributed by atoms with Gasteiger partial charge in [-0.25, -0.2) is 14.4 Å². The van der Waals surface area contributed by atoms with Gasteiger partial charge in [0.05, 0.1) is 23.9 Å². The van der Waals surface area contributed by atoms with E-state index >= 15 is 0 Å². The van der Waals surface area contributed by atoms with E-state index in [0.29, 0.717) is 13.1 Å². The Balaban J connectivity index is 1.62. The molecule has 1 atom stereocenters. The second kappa shape index (κ2) is 9.46. The van der Waals surface area contributed by atoms with Crippen molar-refractivity contribution in [2.45, 2.75) is 26.1 Å². The van der Waals surface area contributed by atoms with Crippen LogP contribution in [0.5, 0.6) is 0 Å².